The minimum atomic E-state index is -0.0533. The molecular weight excluding hydrogens is 154 g/mol. The molecule has 0 saturated carbocycles. The summed E-state index contributed by atoms with van der Waals surface area (Å²) in [7, 11) is 3.58. The zero-order chi connectivity index (χ0) is 9.14. The van der Waals surface area contributed by atoms with Crippen LogP contribution in [-0.2, 0) is 4.79 Å². The van der Waals surface area contributed by atoms with Gasteiger partial charge in [0.2, 0.25) is 5.91 Å². The van der Waals surface area contributed by atoms with Crippen LogP contribution in [0.1, 0.15) is 6.42 Å². The highest BCUT2D eigenvalue weighted by atomic mass is 16.2. The second-order valence-electron chi connectivity index (χ2n) is 3.26. The smallest absolute Gasteiger partial charge is 0.241 e. The van der Waals surface area contributed by atoms with E-state index in [0.717, 1.165) is 6.42 Å². The molecule has 0 spiro atoms. The number of amides is 1. The van der Waals surface area contributed by atoms with Crippen LogP contribution >= 0.6 is 0 Å². The molecule has 0 saturated heterocycles. The lowest BCUT2D eigenvalue weighted by Crippen LogP contribution is -2.39. The van der Waals surface area contributed by atoms with Crippen LogP contribution in [-0.4, -0.2) is 31.1 Å². The highest BCUT2D eigenvalue weighted by Crippen LogP contribution is 2.15. The second kappa shape index (κ2) is 3.69. The van der Waals surface area contributed by atoms with Crippen molar-refractivity contribution in [3.63, 3.8) is 0 Å². The lowest BCUT2D eigenvalue weighted by atomic mass is 10.1. The Hall–Kier alpha value is -0.870. The molecule has 0 fully saturated rings. The van der Waals surface area contributed by atoms with E-state index in [4.69, 9.17) is 5.73 Å². The standard InChI is InChI=1S/C8H15N3O/c1-11(2)10-8(12)6-3-4-7(9)5-6/h3-4,6-7H,5,9H2,1-2H3,(H,10,12). The number of carbonyl (C=O) groups is 1. The van der Waals surface area contributed by atoms with Crippen LogP contribution in [0.5, 0.6) is 0 Å². The maximum Gasteiger partial charge on any atom is 0.241 e. The number of nitrogens with zero attached hydrogens (tertiary/aromatic N) is 1. The number of hydrogen-bond acceptors (Lipinski definition) is 3. The predicted octanol–water partition coefficient (Wildman–Crippen LogP) is -0.517. The number of nitrogens with one attached hydrogen (secondary N) is 1. The first-order valence-electron chi connectivity index (χ1n) is 4.01. The predicted molar refractivity (Wildman–Crippen MR) is 47.1 cm³/mol. The van der Waals surface area contributed by atoms with Crippen molar-refractivity contribution < 1.29 is 4.79 Å². The Labute approximate surface area is 72.4 Å². The van der Waals surface area contributed by atoms with Gasteiger partial charge in [-0.15, -0.1) is 0 Å². The van der Waals surface area contributed by atoms with Crippen LogP contribution in [0.25, 0.3) is 0 Å². The second-order valence-corrected chi connectivity index (χ2v) is 3.26. The fourth-order valence-electron chi connectivity index (χ4n) is 1.22. The van der Waals surface area contributed by atoms with E-state index in [0.29, 0.717) is 0 Å². The van der Waals surface area contributed by atoms with Crippen molar-refractivity contribution in [2.24, 2.45) is 11.7 Å². The van der Waals surface area contributed by atoms with E-state index in [-0.39, 0.29) is 17.9 Å². The molecule has 2 atom stereocenters. The molecule has 3 N–H and O–H groups in total. The molecule has 0 bridgehead atoms. The number of carbonyl (C=O) groups excluding carboxylic acids is 1. The summed E-state index contributed by atoms with van der Waals surface area (Å²) in [6.07, 6.45) is 4.46. The number of nitrogens with two attached hydrogens (primary N) is 1. The highest BCUT2D eigenvalue weighted by Gasteiger charge is 2.22. The van der Waals surface area contributed by atoms with Gasteiger partial charge in [-0.1, -0.05) is 12.2 Å². The molecule has 0 heterocycles. The number of rotatable bonds is 2. The molecule has 4 heteroatoms. The zero-order valence-electron chi connectivity index (χ0n) is 7.45. The van der Waals surface area contributed by atoms with Crippen molar-refractivity contribution in [3.8, 4) is 0 Å². The molecule has 4 nitrogen and oxygen atoms in total. The van der Waals surface area contributed by atoms with Crippen LogP contribution < -0.4 is 11.2 Å². The Morgan fingerprint density at radius 3 is 2.67 bits per heavy atom. The summed E-state index contributed by atoms with van der Waals surface area (Å²) in [5, 5.41) is 1.64. The van der Waals surface area contributed by atoms with E-state index in [1.807, 2.05) is 12.2 Å². The molecule has 2 unspecified atom stereocenters. The molecule has 0 aromatic rings. The normalized spacial score (nSPS) is 28.0. The van der Waals surface area contributed by atoms with Gasteiger partial charge < -0.3 is 5.73 Å². The summed E-state index contributed by atoms with van der Waals surface area (Å²) in [5.41, 5.74) is 8.31. The Bertz CT molecular complexity index is 200. The van der Waals surface area contributed by atoms with Crippen molar-refractivity contribution in [2.75, 3.05) is 14.1 Å². The topological polar surface area (TPSA) is 58.4 Å². The minimum Gasteiger partial charge on any atom is -0.324 e. The first-order chi connectivity index (χ1) is 5.59. The van der Waals surface area contributed by atoms with Crippen molar-refractivity contribution in [1.29, 1.82) is 0 Å². The Kier molecular flexibility index (Phi) is 2.83. The summed E-state index contributed by atoms with van der Waals surface area (Å²) < 4.78 is 0. The van der Waals surface area contributed by atoms with Crippen molar-refractivity contribution in [3.05, 3.63) is 12.2 Å². The third kappa shape index (κ3) is 2.32. The molecule has 1 amide bonds. The minimum absolute atomic E-state index is 0.0178. The number of hydrazine groups is 1. The van der Waals surface area contributed by atoms with Gasteiger partial charge in [0.15, 0.2) is 0 Å². The summed E-state index contributed by atoms with van der Waals surface area (Å²) in [6.45, 7) is 0. The molecule has 0 radical (unpaired) electrons. The maximum absolute atomic E-state index is 11.3. The lowest BCUT2D eigenvalue weighted by Gasteiger charge is -2.15. The van der Waals surface area contributed by atoms with Gasteiger partial charge in [-0.25, -0.2) is 5.01 Å². The van der Waals surface area contributed by atoms with Crippen LogP contribution in [0, 0.1) is 5.92 Å². The fraction of sp³-hybridized carbons (Fsp3) is 0.625. The average molecular weight is 169 g/mol. The number of hydrogen-bond donors (Lipinski definition) is 2. The van der Waals surface area contributed by atoms with Gasteiger partial charge in [0.1, 0.15) is 0 Å². The third-order valence-corrected chi connectivity index (χ3v) is 1.79. The van der Waals surface area contributed by atoms with Crippen molar-refractivity contribution >= 4 is 5.91 Å². The van der Waals surface area contributed by atoms with Gasteiger partial charge in [-0.05, 0) is 6.42 Å². The Morgan fingerprint density at radius 2 is 2.25 bits per heavy atom. The summed E-state index contributed by atoms with van der Waals surface area (Å²) in [5.74, 6) is -0.0356. The lowest BCUT2D eigenvalue weighted by molar-refractivity contribution is -0.127. The van der Waals surface area contributed by atoms with E-state index in [9.17, 15) is 4.79 Å². The molecule has 0 aromatic heterocycles. The maximum atomic E-state index is 11.3. The largest absolute Gasteiger partial charge is 0.324 e. The molecule has 68 valence electrons. The fourth-order valence-corrected chi connectivity index (χ4v) is 1.22. The molecule has 1 aliphatic carbocycles. The molecular formula is C8H15N3O. The van der Waals surface area contributed by atoms with Gasteiger partial charge >= 0.3 is 0 Å². The monoisotopic (exact) mass is 169 g/mol. The van der Waals surface area contributed by atoms with Crippen LogP contribution in [0.2, 0.25) is 0 Å². The van der Waals surface area contributed by atoms with E-state index in [1.165, 1.54) is 0 Å². The van der Waals surface area contributed by atoms with Gasteiger partial charge in [-0.2, -0.15) is 0 Å². The summed E-state index contributed by atoms with van der Waals surface area (Å²) in [4.78, 5) is 11.3. The van der Waals surface area contributed by atoms with E-state index >= 15 is 0 Å². The summed E-state index contributed by atoms with van der Waals surface area (Å²) >= 11 is 0. The molecule has 0 aliphatic heterocycles. The average Bonchev–Trinajstić information content (AvgIpc) is 2.34. The van der Waals surface area contributed by atoms with Crippen molar-refractivity contribution in [1.82, 2.24) is 10.4 Å². The van der Waals surface area contributed by atoms with Crippen LogP contribution in [0.3, 0.4) is 0 Å². The molecule has 1 rings (SSSR count). The first kappa shape index (κ1) is 9.22. The summed E-state index contributed by atoms with van der Waals surface area (Å²) in [6, 6.07) is 0.0444. The molecule has 0 aromatic carbocycles. The van der Waals surface area contributed by atoms with Crippen LogP contribution in [0.4, 0.5) is 0 Å². The van der Waals surface area contributed by atoms with Gasteiger partial charge in [0, 0.05) is 20.1 Å². The van der Waals surface area contributed by atoms with Gasteiger partial charge in [-0.3, -0.25) is 10.2 Å². The Balaban J connectivity index is 2.39. The Morgan fingerprint density at radius 1 is 1.58 bits per heavy atom. The van der Waals surface area contributed by atoms with Crippen molar-refractivity contribution in [2.45, 2.75) is 12.5 Å². The third-order valence-electron chi connectivity index (χ3n) is 1.79. The van der Waals surface area contributed by atoms with E-state index < -0.39 is 0 Å². The highest BCUT2D eigenvalue weighted by molar-refractivity contribution is 5.80. The first-order valence-corrected chi connectivity index (χ1v) is 4.01. The quantitative estimate of drug-likeness (QED) is 0.432. The molecule has 1 aliphatic rings. The SMILES string of the molecule is CN(C)NC(=O)C1C=CC(N)C1. The van der Waals surface area contributed by atoms with Crippen LogP contribution in [0.15, 0.2) is 12.2 Å². The van der Waals surface area contributed by atoms with Gasteiger partial charge in [0.05, 0.1) is 5.92 Å². The van der Waals surface area contributed by atoms with Gasteiger partial charge in [0.25, 0.3) is 0 Å². The van der Waals surface area contributed by atoms with E-state index in [1.54, 1.807) is 19.1 Å². The van der Waals surface area contributed by atoms with E-state index in [2.05, 4.69) is 5.43 Å². The molecule has 12 heavy (non-hydrogen) atoms. The zero-order valence-corrected chi connectivity index (χ0v) is 7.45.